The highest BCUT2D eigenvalue weighted by Gasteiger charge is 2.25. The molecule has 1 aliphatic rings. The molecule has 4 rings (SSSR count). The number of oxazole rings is 1. The van der Waals surface area contributed by atoms with Gasteiger partial charge in [0.2, 0.25) is 27.5 Å². The van der Waals surface area contributed by atoms with Gasteiger partial charge in [0.05, 0.1) is 19.1 Å². The summed E-state index contributed by atoms with van der Waals surface area (Å²) in [5.74, 6) is 1.83. The number of sulfonamides is 1. The number of methoxy groups -OCH3 is 2. The van der Waals surface area contributed by atoms with E-state index in [0.717, 1.165) is 31.2 Å². The van der Waals surface area contributed by atoms with Crippen LogP contribution in [0.3, 0.4) is 0 Å². The molecule has 9 nitrogen and oxygen atoms in total. The van der Waals surface area contributed by atoms with Gasteiger partial charge in [-0.25, -0.2) is 8.42 Å². The van der Waals surface area contributed by atoms with E-state index < -0.39 is 10.0 Å². The van der Waals surface area contributed by atoms with Crippen LogP contribution < -0.4 is 14.8 Å². The Balaban J connectivity index is 1.44. The summed E-state index contributed by atoms with van der Waals surface area (Å²) in [5.41, 5.74) is 1.76. The molecule has 0 unspecified atom stereocenters. The minimum Gasteiger partial charge on any atom is -0.493 e. The van der Waals surface area contributed by atoms with E-state index in [9.17, 15) is 13.7 Å². The van der Waals surface area contributed by atoms with Crippen LogP contribution >= 0.6 is 0 Å². The number of nitrogens with zero attached hydrogens (tertiary/aromatic N) is 3. The van der Waals surface area contributed by atoms with E-state index in [-0.39, 0.29) is 22.4 Å². The first-order valence-electron chi connectivity index (χ1n) is 11.9. The number of ether oxygens (including phenoxy) is 2. The number of nitriles is 1. The van der Waals surface area contributed by atoms with Crippen molar-refractivity contribution in [3.8, 4) is 29.0 Å². The molecule has 0 radical (unpaired) electrons. The minimum absolute atomic E-state index is 0.138. The molecule has 0 saturated carbocycles. The van der Waals surface area contributed by atoms with Crippen molar-refractivity contribution in [2.75, 3.05) is 39.2 Å². The van der Waals surface area contributed by atoms with Crippen LogP contribution in [0.5, 0.6) is 11.5 Å². The van der Waals surface area contributed by atoms with E-state index in [2.05, 4.69) is 10.3 Å². The molecule has 1 fully saturated rings. The Kier molecular flexibility index (Phi) is 8.13. The topological polar surface area (TPSA) is 118 Å². The number of aromatic nitrogens is 1. The highest BCUT2D eigenvalue weighted by molar-refractivity contribution is 7.89. The zero-order valence-corrected chi connectivity index (χ0v) is 21.3. The molecule has 0 bridgehead atoms. The maximum absolute atomic E-state index is 13.0. The fourth-order valence-corrected chi connectivity index (χ4v) is 5.71. The third-order valence-electron chi connectivity index (χ3n) is 6.18. The van der Waals surface area contributed by atoms with Crippen LogP contribution in [0.25, 0.3) is 11.5 Å². The van der Waals surface area contributed by atoms with Crippen molar-refractivity contribution < 1.29 is 22.3 Å². The van der Waals surface area contributed by atoms with Crippen molar-refractivity contribution in [3.63, 3.8) is 0 Å². The Morgan fingerprint density at radius 2 is 1.72 bits per heavy atom. The minimum atomic E-state index is -3.54. The Hall–Kier alpha value is -3.55. The van der Waals surface area contributed by atoms with Gasteiger partial charge in [0.15, 0.2) is 11.5 Å². The average molecular weight is 511 g/mol. The monoisotopic (exact) mass is 510 g/mol. The van der Waals surface area contributed by atoms with Gasteiger partial charge in [-0.1, -0.05) is 18.9 Å². The summed E-state index contributed by atoms with van der Waals surface area (Å²) < 4.78 is 44.0. The Bertz CT molecular complexity index is 1320. The van der Waals surface area contributed by atoms with Gasteiger partial charge in [0.1, 0.15) is 6.07 Å². The first-order valence-corrected chi connectivity index (χ1v) is 13.4. The lowest BCUT2D eigenvalue weighted by atomic mass is 10.1. The molecular weight excluding hydrogens is 480 g/mol. The molecule has 0 amide bonds. The number of hydrogen-bond acceptors (Lipinski definition) is 8. The third-order valence-corrected chi connectivity index (χ3v) is 8.10. The van der Waals surface area contributed by atoms with Crippen molar-refractivity contribution >= 4 is 15.9 Å². The lowest BCUT2D eigenvalue weighted by Gasteiger charge is -2.19. The van der Waals surface area contributed by atoms with Gasteiger partial charge in [0.25, 0.3) is 0 Å². The van der Waals surface area contributed by atoms with E-state index in [1.165, 1.54) is 0 Å². The summed E-state index contributed by atoms with van der Waals surface area (Å²) in [4.78, 5) is 4.53. The third kappa shape index (κ3) is 5.64. The van der Waals surface area contributed by atoms with Gasteiger partial charge >= 0.3 is 0 Å². The summed E-state index contributed by atoms with van der Waals surface area (Å²) in [6.45, 7) is 1.60. The number of anilines is 1. The van der Waals surface area contributed by atoms with Gasteiger partial charge in [-0.15, -0.1) is 0 Å². The second-order valence-electron chi connectivity index (χ2n) is 8.52. The molecule has 0 spiro atoms. The predicted octanol–water partition coefficient (Wildman–Crippen LogP) is 4.45. The maximum Gasteiger partial charge on any atom is 0.243 e. The zero-order valence-electron chi connectivity index (χ0n) is 20.5. The van der Waals surface area contributed by atoms with Crippen LogP contribution in [-0.4, -0.2) is 51.6 Å². The normalized spacial score (nSPS) is 14.6. The van der Waals surface area contributed by atoms with Crippen molar-refractivity contribution in [1.82, 2.24) is 9.29 Å². The molecule has 0 atom stereocenters. The molecule has 1 N–H and O–H groups in total. The van der Waals surface area contributed by atoms with Crippen LogP contribution in [0.4, 0.5) is 5.88 Å². The Morgan fingerprint density at radius 3 is 2.36 bits per heavy atom. The molecule has 1 saturated heterocycles. The van der Waals surface area contributed by atoms with E-state index in [0.29, 0.717) is 43.1 Å². The molecule has 3 aromatic rings. The fraction of sp³-hybridized carbons (Fsp3) is 0.385. The van der Waals surface area contributed by atoms with Crippen molar-refractivity contribution in [1.29, 1.82) is 5.26 Å². The SMILES string of the molecule is COc1ccc(CCNc2oc(-c3ccc(S(=O)(=O)N4CCCCCC4)cc3)nc2C#N)cc1OC. The van der Waals surface area contributed by atoms with Gasteiger partial charge in [0, 0.05) is 25.2 Å². The van der Waals surface area contributed by atoms with Gasteiger partial charge < -0.3 is 19.2 Å². The van der Waals surface area contributed by atoms with Crippen molar-refractivity contribution in [2.24, 2.45) is 0 Å². The molecule has 190 valence electrons. The van der Waals surface area contributed by atoms with E-state index in [4.69, 9.17) is 13.9 Å². The lowest BCUT2D eigenvalue weighted by Crippen LogP contribution is -2.31. The molecule has 2 heterocycles. The first-order chi connectivity index (χ1) is 17.5. The van der Waals surface area contributed by atoms with Gasteiger partial charge in [-0.2, -0.15) is 14.6 Å². The van der Waals surface area contributed by atoms with Crippen LogP contribution in [0.1, 0.15) is 36.9 Å². The standard InChI is InChI=1S/C26H30N4O5S/c1-33-23-12-7-19(17-24(23)34-2)13-14-28-26-22(18-27)29-25(35-26)20-8-10-21(11-9-20)36(31,32)30-15-5-3-4-6-16-30/h7-12,17,28H,3-6,13-16H2,1-2H3. The van der Waals surface area contributed by atoms with Crippen molar-refractivity contribution in [2.45, 2.75) is 37.0 Å². The quantitative estimate of drug-likeness (QED) is 0.449. The molecule has 0 aliphatic carbocycles. The van der Waals surface area contributed by atoms with Gasteiger partial charge in [-0.05, 0) is 61.2 Å². The molecular formula is C26H30N4O5S. The average Bonchev–Trinajstić information content (AvgIpc) is 3.11. The van der Waals surface area contributed by atoms with E-state index >= 15 is 0 Å². The fourth-order valence-electron chi connectivity index (χ4n) is 4.20. The predicted molar refractivity (Wildman–Crippen MR) is 136 cm³/mol. The number of benzene rings is 2. The van der Waals surface area contributed by atoms with Crippen LogP contribution in [0.2, 0.25) is 0 Å². The first kappa shape index (κ1) is 25.5. The second kappa shape index (κ2) is 11.5. The van der Waals surface area contributed by atoms with Crippen LogP contribution in [0.15, 0.2) is 51.8 Å². The summed E-state index contributed by atoms with van der Waals surface area (Å²) in [5, 5.41) is 12.6. The van der Waals surface area contributed by atoms with Crippen molar-refractivity contribution in [3.05, 3.63) is 53.7 Å². The molecule has 36 heavy (non-hydrogen) atoms. The summed E-state index contributed by atoms with van der Waals surface area (Å²) in [6, 6.07) is 14.2. The Morgan fingerprint density at radius 1 is 1.03 bits per heavy atom. The highest BCUT2D eigenvalue weighted by Crippen LogP contribution is 2.29. The number of rotatable bonds is 9. The van der Waals surface area contributed by atoms with Crippen LogP contribution in [0, 0.1) is 11.3 Å². The summed E-state index contributed by atoms with van der Waals surface area (Å²) in [7, 11) is -0.360. The molecule has 2 aromatic carbocycles. The largest absolute Gasteiger partial charge is 0.493 e. The maximum atomic E-state index is 13.0. The van der Waals surface area contributed by atoms with Gasteiger partial charge in [-0.3, -0.25) is 0 Å². The second-order valence-corrected chi connectivity index (χ2v) is 10.5. The smallest absolute Gasteiger partial charge is 0.243 e. The summed E-state index contributed by atoms with van der Waals surface area (Å²) in [6.07, 6.45) is 4.53. The lowest BCUT2D eigenvalue weighted by molar-refractivity contribution is 0.354. The Labute approximate surface area is 211 Å². The van der Waals surface area contributed by atoms with E-state index in [1.54, 1.807) is 42.8 Å². The van der Waals surface area contributed by atoms with E-state index in [1.807, 2.05) is 24.3 Å². The van der Waals surface area contributed by atoms with Crippen LogP contribution in [-0.2, 0) is 16.4 Å². The number of hydrogen-bond donors (Lipinski definition) is 1. The molecule has 1 aliphatic heterocycles. The molecule has 10 heteroatoms. The highest BCUT2D eigenvalue weighted by atomic mass is 32.2. The summed E-state index contributed by atoms with van der Waals surface area (Å²) >= 11 is 0. The number of nitrogens with one attached hydrogen (secondary N) is 1. The molecule has 1 aromatic heterocycles. The zero-order chi connectivity index (χ0) is 25.5.